The number of nitrogens with one attached hydrogen (secondary N) is 1. The number of carbonyl (C=O) groups is 1. The Morgan fingerprint density at radius 2 is 1.72 bits per heavy atom. The van der Waals surface area contributed by atoms with E-state index in [2.05, 4.69) is 22.4 Å². The molecule has 0 saturated carbocycles. The second-order valence-electron chi connectivity index (χ2n) is 7.02. The fourth-order valence-corrected chi connectivity index (χ4v) is 3.89. The number of aryl methyl sites for hydroxylation is 1. The number of thiazole rings is 1. The summed E-state index contributed by atoms with van der Waals surface area (Å²) in [5.41, 5.74) is 4.48. The van der Waals surface area contributed by atoms with Crippen LogP contribution in [0.5, 0.6) is 5.75 Å². The van der Waals surface area contributed by atoms with E-state index in [0.717, 1.165) is 22.4 Å². The van der Waals surface area contributed by atoms with Gasteiger partial charge in [0.1, 0.15) is 5.75 Å². The second-order valence-corrected chi connectivity index (χ2v) is 7.88. The average molecular weight is 446 g/mol. The molecular weight excluding hydrogens is 426 g/mol. The molecule has 0 unspecified atom stereocenters. The maximum Gasteiger partial charge on any atom is 0.272 e. The number of hydrogen-bond donors (Lipinski definition) is 1. The lowest BCUT2D eigenvalue weighted by atomic mass is 10.0. The number of hydrogen-bond acceptors (Lipinski definition) is 6. The summed E-state index contributed by atoms with van der Waals surface area (Å²) in [6.45, 7) is 1.40. The summed E-state index contributed by atoms with van der Waals surface area (Å²) in [5, 5.41) is 16.0. The highest BCUT2D eigenvalue weighted by atomic mass is 32.1. The molecule has 1 N–H and O–H groups in total. The number of ether oxygens (including phenoxy) is 1. The molecule has 0 aliphatic rings. The Bertz CT molecular complexity index is 1250. The molecule has 0 bridgehead atoms. The first-order valence-corrected chi connectivity index (χ1v) is 10.7. The lowest BCUT2D eigenvalue weighted by molar-refractivity contribution is -0.385. The zero-order valence-electron chi connectivity index (χ0n) is 17.1. The van der Waals surface area contributed by atoms with E-state index in [-0.39, 0.29) is 18.2 Å². The molecule has 0 saturated heterocycles. The number of aromatic nitrogens is 1. The summed E-state index contributed by atoms with van der Waals surface area (Å²) in [6.07, 6.45) is 0. The van der Waals surface area contributed by atoms with Gasteiger partial charge in [0.05, 0.1) is 10.6 Å². The number of rotatable bonds is 7. The Labute approximate surface area is 188 Å². The van der Waals surface area contributed by atoms with Crippen LogP contribution in [-0.2, 0) is 4.79 Å². The zero-order chi connectivity index (χ0) is 22.5. The molecule has 1 amide bonds. The number of nitrogens with zero attached hydrogens (tertiary/aromatic N) is 2. The Hall–Kier alpha value is -4.04. The van der Waals surface area contributed by atoms with Crippen molar-refractivity contribution in [2.75, 3.05) is 11.9 Å². The summed E-state index contributed by atoms with van der Waals surface area (Å²) in [4.78, 5) is 27.1. The van der Waals surface area contributed by atoms with Crippen LogP contribution in [0.1, 0.15) is 5.56 Å². The average Bonchev–Trinajstić information content (AvgIpc) is 3.26. The molecule has 0 spiro atoms. The number of anilines is 1. The molecule has 32 heavy (non-hydrogen) atoms. The van der Waals surface area contributed by atoms with Gasteiger partial charge in [0, 0.05) is 22.6 Å². The van der Waals surface area contributed by atoms with Crippen LogP contribution in [-0.4, -0.2) is 22.4 Å². The molecule has 0 fully saturated rings. The molecule has 8 heteroatoms. The Morgan fingerprint density at radius 3 is 2.41 bits per heavy atom. The first-order chi connectivity index (χ1) is 15.5. The fraction of sp³-hybridized carbons (Fsp3) is 0.0833. The van der Waals surface area contributed by atoms with E-state index in [1.54, 1.807) is 6.92 Å². The molecular formula is C24H19N3O4S. The largest absolute Gasteiger partial charge is 0.484 e. The third-order valence-corrected chi connectivity index (χ3v) is 5.53. The maximum absolute atomic E-state index is 12.2. The van der Waals surface area contributed by atoms with Crippen molar-refractivity contribution in [3.8, 4) is 28.1 Å². The molecule has 7 nitrogen and oxygen atoms in total. The lowest BCUT2D eigenvalue weighted by Crippen LogP contribution is -2.20. The molecule has 0 radical (unpaired) electrons. The minimum absolute atomic E-state index is 0.00826. The van der Waals surface area contributed by atoms with Crippen LogP contribution in [0, 0.1) is 17.0 Å². The van der Waals surface area contributed by atoms with Crippen LogP contribution in [0.3, 0.4) is 0 Å². The summed E-state index contributed by atoms with van der Waals surface area (Å²) < 4.78 is 5.44. The highest BCUT2D eigenvalue weighted by molar-refractivity contribution is 7.14. The predicted molar refractivity (Wildman–Crippen MR) is 125 cm³/mol. The number of nitro benzene ring substituents is 1. The van der Waals surface area contributed by atoms with Gasteiger partial charge in [-0.25, -0.2) is 4.98 Å². The van der Waals surface area contributed by atoms with Crippen molar-refractivity contribution < 1.29 is 14.5 Å². The minimum Gasteiger partial charge on any atom is -0.484 e. The van der Waals surface area contributed by atoms with Crippen LogP contribution in [0.2, 0.25) is 0 Å². The van der Waals surface area contributed by atoms with Crippen molar-refractivity contribution in [2.45, 2.75) is 6.92 Å². The molecule has 160 valence electrons. The van der Waals surface area contributed by atoms with Gasteiger partial charge in [0.2, 0.25) is 0 Å². The van der Waals surface area contributed by atoms with E-state index < -0.39 is 4.92 Å². The molecule has 4 aromatic rings. The Balaban J connectivity index is 1.35. The first-order valence-electron chi connectivity index (χ1n) is 9.79. The summed E-state index contributed by atoms with van der Waals surface area (Å²) in [6, 6.07) is 22.6. The molecule has 1 heterocycles. The highest BCUT2D eigenvalue weighted by Crippen LogP contribution is 2.28. The van der Waals surface area contributed by atoms with Crippen LogP contribution in [0.4, 0.5) is 10.8 Å². The number of amides is 1. The normalized spacial score (nSPS) is 10.5. The van der Waals surface area contributed by atoms with Gasteiger partial charge < -0.3 is 4.74 Å². The maximum atomic E-state index is 12.2. The van der Waals surface area contributed by atoms with E-state index in [9.17, 15) is 14.9 Å². The van der Waals surface area contributed by atoms with Crippen molar-refractivity contribution in [1.29, 1.82) is 0 Å². The van der Waals surface area contributed by atoms with Crippen LogP contribution in [0.15, 0.2) is 78.2 Å². The van der Waals surface area contributed by atoms with E-state index in [1.807, 2.05) is 47.8 Å². The van der Waals surface area contributed by atoms with Crippen molar-refractivity contribution >= 4 is 28.1 Å². The number of carbonyl (C=O) groups excluding carboxylic acids is 1. The van der Waals surface area contributed by atoms with Gasteiger partial charge in [0.15, 0.2) is 11.7 Å². The van der Waals surface area contributed by atoms with Gasteiger partial charge >= 0.3 is 0 Å². The highest BCUT2D eigenvalue weighted by Gasteiger charge is 2.13. The van der Waals surface area contributed by atoms with Crippen LogP contribution >= 0.6 is 11.3 Å². The topological polar surface area (TPSA) is 94.4 Å². The molecule has 0 aliphatic carbocycles. The van der Waals surface area contributed by atoms with Gasteiger partial charge in [-0.2, -0.15) is 0 Å². The van der Waals surface area contributed by atoms with Crippen molar-refractivity contribution in [2.24, 2.45) is 0 Å². The monoisotopic (exact) mass is 445 g/mol. The van der Waals surface area contributed by atoms with Crippen LogP contribution in [0.25, 0.3) is 22.4 Å². The van der Waals surface area contributed by atoms with Gasteiger partial charge in [-0.3, -0.25) is 20.2 Å². The van der Waals surface area contributed by atoms with Gasteiger partial charge in [-0.15, -0.1) is 11.3 Å². The lowest BCUT2D eigenvalue weighted by Gasteiger charge is -2.07. The second kappa shape index (κ2) is 9.40. The third kappa shape index (κ3) is 4.98. The number of benzene rings is 3. The van der Waals surface area contributed by atoms with Crippen molar-refractivity contribution in [3.05, 3.63) is 93.9 Å². The van der Waals surface area contributed by atoms with E-state index >= 15 is 0 Å². The van der Waals surface area contributed by atoms with Gasteiger partial charge in [-0.1, -0.05) is 54.6 Å². The third-order valence-electron chi connectivity index (χ3n) is 4.77. The standard InChI is InChI=1S/C24H19N3O4S/c1-16-13-20(11-12-22(16)27(29)30)31-14-23(28)26-24-25-21(15-32-24)19-9-7-18(8-10-19)17-5-3-2-4-6-17/h2-13,15H,14H2,1H3,(H,25,26,28). The number of nitro groups is 1. The first kappa shape index (κ1) is 21.2. The van der Waals surface area contributed by atoms with Crippen LogP contribution < -0.4 is 10.1 Å². The van der Waals surface area contributed by atoms with Gasteiger partial charge in [-0.05, 0) is 30.2 Å². The van der Waals surface area contributed by atoms with Gasteiger partial charge in [0.25, 0.3) is 11.6 Å². The molecule has 3 aromatic carbocycles. The summed E-state index contributed by atoms with van der Waals surface area (Å²) in [5.74, 6) is 0.0305. The summed E-state index contributed by atoms with van der Waals surface area (Å²) >= 11 is 1.33. The van der Waals surface area contributed by atoms with E-state index in [1.165, 1.54) is 29.5 Å². The smallest absolute Gasteiger partial charge is 0.272 e. The molecule has 0 atom stereocenters. The Kier molecular flexibility index (Phi) is 6.23. The minimum atomic E-state index is -0.457. The Morgan fingerprint density at radius 1 is 1.03 bits per heavy atom. The zero-order valence-corrected chi connectivity index (χ0v) is 18.0. The molecule has 0 aliphatic heterocycles. The summed E-state index contributed by atoms with van der Waals surface area (Å²) in [7, 11) is 0. The van der Waals surface area contributed by atoms with E-state index in [4.69, 9.17) is 4.74 Å². The molecule has 1 aromatic heterocycles. The van der Waals surface area contributed by atoms with Crippen molar-refractivity contribution in [1.82, 2.24) is 4.98 Å². The van der Waals surface area contributed by atoms with Crippen molar-refractivity contribution in [3.63, 3.8) is 0 Å². The quantitative estimate of drug-likeness (QED) is 0.290. The fourth-order valence-electron chi connectivity index (χ4n) is 3.15. The van der Waals surface area contributed by atoms with E-state index in [0.29, 0.717) is 16.4 Å². The predicted octanol–water partition coefficient (Wildman–Crippen LogP) is 5.71. The SMILES string of the molecule is Cc1cc(OCC(=O)Nc2nc(-c3ccc(-c4ccccc4)cc3)cs2)ccc1[N+](=O)[O-]. The molecule has 4 rings (SSSR count).